The molecule has 1 aromatic rings. The van der Waals surface area contributed by atoms with Gasteiger partial charge >= 0.3 is 0 Å². The Bertz CT molecular complexity index is 266. The molecular weight excluding hydrogens is 158 g/mol. The number of rotatable bonds is 3. The van der Waals surface area contributed by atoms with Crippen LogP contribution >= 0.6 is 0 Å². The van der Waals surface area contributed by atoms with Gasteiger partial charge in [0.15, 0.2) is 0 Å². The predicted molar refractivity (Wildman–Crippen MR) is 57.8 cm³/mol. The minimum atomic E-state index is 0.193. The van der Waals surface area contributed by atoms with Gasteiger partial charge in [-0.05, 0) is 23.5 Å². The monoisotopic (exact) mass is 177 g/mol. The van der Waals surface area contributed by atoms with E-state index in [1.807, 2.05) is 0 Å². The second kappa shape index (κ2) is 4.43. The van der Waals surface area contributed by atoms with Gasteiger partial charge in [-0.2, -0.15) is 0 Å². The van der Waals surface area contributed by atoms with Crippen LogP contribution in [-0.2, 0) is 0 Å². The van der Waals surface area contributed by atoms with Crippen LogP contribution in [0.2, 0.25) is 0 Å². The summed E-state index contributed by atoms with van der Waals surface area (Å²) in [6.45, 7) is 6.53. The van der Waals surface area contributed by atoms with Crippen LogP contribution in [0.4, 0.5) is 0 Å². The fraction of sp³-hybridized carbons (Fsp3) is 0.500. The van der Waals surface area contributed by atoms with Gasteiger partial charge in [0.2, 0.25) is 0 Å². The van der Waals surface area contributed by atoms with Crippen molar-refractivity contribution in [2.45, 2.75) is 39.2 Å². The maximum absolute atomic E-state index is 5.96. The van der Waals surface area contributed by atoms with Crippen LogP contribution in [0.5, 0.6) is 0 Å². The Kier molecular flexibility index (Phi) is 3.49. The topological polar surface area (TPSA) is 26.0 Å². The molecule has 2 N–H and O–H groups in total. The molecule has 0 aliphatic rings. The minimum absolute atomic E-state index is 0.193. The lowest BCUT2D eigenvalue weighted by Crippen LogP contribution is -2.08. The van der Waals surface area contributed by atoms with E-state index in [0.717, 1.165) is 6.42 Å². The summed E-state index contributed by atoms with van der Waals surface area (Å²) in [4.78, 5) is 0. The van der Waals surface area contributed by atoms with E-state index in [-0.39, 0.29) is 6.04 Å². The van der Waals surface area contributed by atoms with E-state index in [1.54, 1.807) is 0 Å². The van der Waals surface area contributed by atoms with Crippen LogP contribution in [0.15, 0.2) is 24.3 Å². The summed E-state index contributed by atoms with van der Waals surface area (Å²) in [6, 6.07) is 8.79. The van der Waals surface area contributed by atoms with E-state index in [1.165, 1.54) is 11.1 Å². The molecule has 0 fully saturated rings. The maximum Gasteiger partial charge on any atom is 0.0292 e. The first-order valence-electron chi connectivity index (χ1n) is 5.00. The molecule has 0 spiro atoms. The van der Waals surface area contributed by atoms with Crippen molar-refractivity contribution in [2.75, 3.05) is 0 Å². The summed E-state index contributed by atoms with van der Waals surface area (Å²) in [6.07, 6.45) is 1.00. The van der Waals surface area contributed by atoms with Gasteiger partial charge in [-0.1, -0.05) is 45.0 Å². The van der Waals surface area contributed by atoms with Gasteiger partial charge in [-0.25, -0.2) is 0 Å². The molecule has 1 rings (SSSR count). The van der Waals surface area contributed by atoms with Crippen molar-refractivity contribution in [1.29, 1.82) is 0 Å². The van der Waals surface area contributed by atoms with Gasteiger partial charge in [-0.3, -0.25) is 0 Å². The zero-order chi connectivity index (χ0) is 9.84. The third kappa shape index (κ3) is 2.56. The Morgan fingerprint density at radius 2 is 1.85 bits per heavy atom. The SMILES string of the molecule is CC[C@@H](N)c1cccc(C(C)C)c1. The zero-order valence-corrected chi connectivity index (χ0v) is 8.75. The first-order chi connectivity index (χ1) is 6.15. The largest absolute Gasteiger partial charge is 0.324 e. The van der Waals surface area contributed by atoms with Crippen molar-refractivity contribution in [1.82, 2.24) is 0 Å². The van der Waals surface area contributed by atoms with Crippen LogP contribution in [-0.4, -0.2) is 0 Å². The lowest BCUT2D eigenvalue weighted by molar-refractivity contribution is 0.695. The fourth-order valence-corrected chi connectivity index (χ4v) is 1.38. The van der Waals surface area contributed by atoms with Crippen molar-refractivity contribution >= 4 is 0 Å². The smallest absolute Gasteiger partial charge is 0.0292 e. The summed E-state index contributed by atoms with van der Waals surface area (Å²) in [7, 11) is 0. The zero-order valence-electron chi connectivity index (χ0n) is 8.75. The third-order valence-corrected chi connectivity index (χ3v) is 2.45. The molecule has 1 aromatic carbocycles. The molecule has 0 aliphatic heterocycles. The van der Waals surface area contributed by atoms with Gasteiger partial charge in [0.25, 0.3) is 0 Å². The van der Waals surface area contributed by atoms with Crippen LogP contribution in [0.25, 0.3) is 0 Å². The van der Waals surface area contributed by atoms with Crippen molar-refractivity contribution in [3.63, 3.8) is 0 Å². The van der Waals surface area contributed by atoms with E-state index >= 15 is 0 Å². The summed E-state index contributed by atoms with van der Waals surface area (Å²) in [5.74, 6) is 0.587. The van der Waals surface area contributed by atoms with Crippen molar-refractivity contribution in [3.8, 4) is 0 Å². The number of benzene rings is 1. The Balaban J connectivity index is 2.91. The first kappa shape index (κ1) is 10.3. The Morgan fingerprint density at radius 1 is 1.23 bits per heavy atom. The molecule has 0 radical (unpaired) electrons. The van der Waals surface area contributed by atoms with Gasteiger partial charge in [0.1, 0.15) is 0 Å². The van der Waals surface area contributed by atoms with Gasteiger partial charge in [-0.15, -0.1) is 0 Å². The van der Waals surface area contributed by atoms with Crippen LogP contribution in [0, 0.1) is 0 Å². The molecule has 0 saturated heterocycles. The van der Waals surface area contributed by atoms with E-state index in [2.05, 4.69) is 45.0 Å². The van der Waals surface area contributed by atoms with E-state index < -0.39 is 0 Å². The van der Waals surface area contributed by atoms with Gasteiger partial charge in [0, 0.05) is 6.04 Å². The molecule has 1 nitrogen and oxygen atoms in total. The molecule has 0 amide bonds. The average Bonchev–Trinajstić information content (AvgIpc) is 2.17. The summed E-state index contributed by atoms with van der Waals surface area (Å²) in [5, 5.41) is 0. The van der Waals surface area contributed by atoms with Crippen molar-refractivity contribution in [3.05, 3.63) is 35.4 Å². The lowest BCUT2D eigenvalue weighted by atomic mass is 9.97. The second-order valence-corrected chi connectivity index (χ2v) is 3.84. The average molecular weight is 177 g/mol. The number of hydrogen-bond acceptors (Lipinski definition) is 1. The van der Waals surface area contributed by atoms with Crippen LogP contribution in [0.1, 0.15) is 50.3 Å². The first-order valence-corrected chi connectivity index (χ1v) is 5.00. The Labute approximate surface area is 81.0 Å². The molecule has 72 valence electrons. The molecule has 0 unspecified atom stereocenters. The highest BCUT2D eigenvalue weighted by molar-refractivity contribution is 5.27. The molecule has 0 heterocycles. The van der Waals surface area contributed by atoms with E-state index in [0.29, 0.717) is 5.92 Å². The summed E-state index contributed by atoms with van der Waals surface area (Å²) in [5.41, 5.74) is 8.60. The van der Waals surface area contributed by atoms with E-state index in [4.69, 9.17) is 5.73 Å². The highest BCUT2D eigenvalue weighted by atomic mass is 14.6. The summed E-state index contributed by atoms with van der Waals surface area (Å²) < 4.78 is 0. The molecule has 0 saturated carbocycles. The minimum Gasteiger partial charge on any atom is -0.324 e. The van der Waals surface area contributed by atoms with Gasteiger partial charge < -0.3 is 5.73 Å². The van der Waals surface area contributed by atoms with E-state index in [9.17, 15) is 0 Å². The molecule has 0 bridgehead atoms. The van der Waals surface area contributed by atoms with Crippen LogP contribution < -0.4 is 5.73 Å². The fourth-order valence-electron chi connectivity index (χ4n) is 1.38. The third-order valence-electron chi connectivity index (χ3n) is 2.45. The summed E-state index contributed by atoms with van der Waals surface area (Å²) >= 11 is 0. The molecule has 0 aliphatic carbocycles. The molecular formula is C12H19N. The Hall–Kier alpha value is -0.820. The maximum atomic E-state index is 5.96. The number of hydrogen-bond donors (Lipinski definition) is 1. The second-order valence-electron chi connectivity index (χ2n) is 3.84. The predicted octanol–water partition coefficient (Wildman–Crippen LogP) is 3.22. The van der Waals surface area contributed by atoms with Crippen LogP contribution in [0.3, 0.4) is 0 Å². The standard InChI is InChI=1S/C12H19N/c1-4-12(13)11-7-5-6-10(8-11)9(2)3/h5-9,12H,4,13H2,1-3H3/t12-/m1/s1. The molecule has 0 aromatic heterocycles. The normalized spacial score (nSPS) is 13.3. The molecule has 1 atom stereocenters. The number of nitrogens with two attached hydrogens (primary N) is 1. The quantitative estimate of drug-likeness (QED) is 0.753. The van der Waals surface area contributed by atoms with Crippen molar-refractivity contribution < 1.29 is 0 Å². The highest BCUT2D eigenvalue weighted by Gasteiger charge is 2.05. The Morgan fingerprint density at radius 3 is 2.38 bits per heavy atom. The highest BCUT2D eigenvalue weighted by Crippen LogP contribution is 2.20. The molecule has 13 heavy (non-hydrogen) atoms. The lowest BCUT2D eigenvalue weighted by Gasteiger charge is -2.12. The molecule has 1 heteroatoms. The van der Waals surface area contributed by atoms with Gasteiger partial charge in [0.05, 0.1) is 0 Å². The van der Waals surface area contributed by atoms with Crippen molar-refractivity contribution in [2.24, 2.45) is 5.73 Å².